The summed E-state index contributed by atoms with van der Waals surface area (Å²) >= 11 is 0. The van der Waals surface area contributed by atoms with Crippen molar-refractivity contribution in [2.24, 2.45) is 0 Å². The summed E-state index contributed by atoms with van der Waals surface area (Å²) in [6.07, 6.45) is 0. The standard InChI is InChI=1S/C16H16N2O6/c1-16(22-4)9-6-5-7-10(13(9)14(19)24-16)23-15-17-11(20-2)8-12(18-15)21-3/h5-8H,1-4H3. The minimum atomic E-state index is -1.15. The topological polar surface area (TPSA) is 89.0 Å². The van der Waals surface area contributed by atoms with Gasteiger partial charge in [0.05, 0.1) is 20.3 Å². The number of aromatic nitrogens is 2. The number of nitrogens with zero attached hydrogens (tertiary/aromatic N) is 2. The molecule has 0 N–H and O–H groups in total. The highest BCUT2D eigenvalue weighted by Crippen LogP contribution is 2.41. The summed E-state index contributed by atoms with van der Waals surface area (Å²) in [4.78, 5) is 20.4. The molecule has 1 atom stereocenters. The molecule has 0 fully saturated rings. The third-order valence-electron chi connectivity index (χ3n) is 3.67. The first-order valence-corrected chi connectivity index (χ1v) is 7.07. The summed E-state index contributed by atoms with van der Waals surface area (Å²) < 4.78 is 26.4. The van der Waals surface area contributed by atoms with Crippen LogP contribution in [0.5, 0.6) is 23.5 Å². The van der Waals surface area contributed by atoms with Crippen LogP contribution in [0.4, 0.5) is 0 Å². The first-order chi connectivity index (χ1) is 11.5. The van der Waals surface area contributed by atoms with Gasteiger partial charge in [-0.1, -0.05) is 12.1 Å². The number of carbonyl (C=O) groups is 1. The second-order valence-electron chi connectivity index (χ2n) is 5.06. The Balaban J connectivity index is 2.03. The van der Waals surface area contributed by atoms with Gasteiger partial charge in [0.1, 0.15) is 11.3 Å². The third-order valence-corrected chi connectivity index (χ3v) is 3.67. The highest BCUT2D eigenvalue weighted by Gasteiger charge is 2.44. The summed E-state index contributed by atoms with van der Waals surface area (Å²) in [5.74, 6) is -0.894. The first-order valence-electron chi connectivity index (χ1n) is 7.07. The van der Waals surface area contributed by atoms with Gasteiger partial charge in [-0.05, 0) is 6.07 Å². The van der Waals surface area contributed by atoms with Crippen molar-refractivity contribution in [1.29, 1.82) is 0 Å². The van der Waals surface area contributed by atoms with Gasteiger partial charge in [0.25, 0.3) is 0 Å². The number of esters is 1. The molecule has 2 heterocycles. The van der Waals surface area contributed by atoms with Crippen LogP contribution in [0.1, 0.15) is 22.8 Å². The molecule has 1 unspecified atom stereocenters. The molecule has 0 radical (unpaired) electrons. The maximum Gasteiger partial charge on any atom is 0.345 e. The quantitative estimate of drug-likeness (QED) is 0.770. The van der Waals surface area contributed by atoms with E-state index in [1.165, 1.54) is 27.4 Å². The van der Waals surface area contributed by atoms with Gasteiger partial charge in [0.15, 0.2) is 0 Å². The fraction of sp³-hybridized carbons (Fsp3) is 0.312. The molecular formula is C16H16N2O6. The second-order valence-corrected chi connectivity index (χ2v) is 5.06. The average Bonchev–Trinajstić information content (AvgIpc) is 2.87. The SMILES string of the molecule is COc1cc(OC)nc(Oc2cccc3c2C(=O)OC3(C)OC)n1. The molecule has 1 aliphatic rings. The van der Waals surface area contributed by atoms with E-state index in [9.17, 15) is 4.79 Å². The Morgan fingerprint density at radius 3 is 2.33 bits per heavy atom. The minimum absolute atomic E-state index is 0.0154. The van der Waals surface area contributed by atoms with Gasteiger partial charge < -0.3 is 23.7 Å². The van der Waals surface area contributed by atoms with Crippen molar-refractivity contribution in [3.8, 4) is 23.5 Å². The van der Waals surface area contributed by atoms with Gasteiger partial charge in [-0.15, -0.1) is 0 Å². The van der Waals surface area contributed by atoms with E-state index in [4.69, 9.17) is 23.7 Å². The van der Waals surface area contributed by atoms with Crippen LogP contribution in [0.2, 0.25) is 0 Å². The van der Waals surface area contributed by atoms with Crippen LogP contribution in [0.15, 0.2) is 24.3 Å². The average molecular weight is 332 g/mol. The number of benzene rings is 1. The Bertz CT molecular complexity index is 772. The molecule has 0 bridgehead atoms. The molecule has 24 heavy (non-hydrogen) atoms. The Labute approximate surface area is 138 Å². The minimum Gasteiger partial charge on any atom is -0.481 e. The summed E-state index contributed by atoms with van der Waals surface area (Å²) in [6, 6.07) is 6.59. The Morgan fingerprint density at radius 1 is 1.08 bits per heavy atom. The monoisotopic (exact) mass is 332 g/mol. The van der Waals surface area contributed by atoms with E-state index in [-0.39, 0.29) is 29.1 Å². The highest BCUT2D eigenvalue weighted by atomic mass is 16.7. The predicted molar refractivity (Wildman–Crippen MR) is 81.4 cm³/mol. The van der Waals surface area contributed by atoms with Crippen LogP contribution in [0.3, 0.4) is 0 Å². The summed E-state index contributed by atoms with van der Waals surface area (Å²) in [7, 11) is 4.40. The number of cyclic esters (lactones) is 1. The summed E-state index contributed by atoms with van der Waals surface area (Å²) in [6.45, 7) is 1.66. The maximum atomic E-state index is 12.2. The van der Waals surface area contributed by atoms with Gasteiger partial charge >= 0.3 is 12.0 Å². The summed E-state index contributed by atoms with van der Waals surface area (Å²) in [5, 5.41) is 0. The number of hydrogen-bond donors (Lipinski definition) is 0. The van der Waals surface area contributed by atoms with E-state index < -0.39 is 11.8 Å². The number of ether oxygens (including phenoxy) is 5. The molecule has 2 aromatic rings. The van der Waals surface area contributed by atoms with Crippen molar-refractivity contribution in [3.05, 3.63) is 35.4 Å². The lowest BCUT2D eigenvalue weighted by Crippen LogP contribution is -2.23. The molecule has 0 saturated carbocycles. The van der Waals surface area contributed by atoms with E-state index in [0.717, 1.165) is 0 Å². The Kier molecular flexibility index (Phi) is 3.98. The van der Waals surface area contributed by atoms with Crippen molar-refractivity contribution in [3.63, 3.8) is 0 Å². The molecule has 126 valence electrons. The molecule has 0 aliphatic carbocycles. The van der Waals surface area contributed by atoms with Gasteiger partial charge in [-0.3, -0.25) is 0 Å². The molecule has 8 nitrogen and oxygen atoms in total. The Morgan fingerprint density at radius 2 is 1.75 bits per heavy atom. The van der Waals surface area contributed by atoms with E-state index >= 15 is 0 Å². The van der Waals surface area contributed by atoms with E-state index in [1.54, 1.807) is 25.1 Å². The number of hydrogen-bond acceptors (Lipinski definition) is 8. The predicted octanol–water partition coefficient (Wildman–Crippen LogP) is 2.28. The largest absolute Gasteiger partial charge is 0.481 e. The van der Waals surface area contributed by atoms with E-state index in [1.807, 2.05) is 0 Å². The molecule has 0 saturated heterocycles. The highest BCUT2D eigenvalue weighted by molar-refractivity contribution is 5.97. The molecule has 0 spiro atoms. The van der Waals surface area contributed by atoms with Crippen molar-refractivity contribution in [1.82, 2.24) is 9.97 Å². The first kappa shape index (κ1) is 16.0. The lowest BCUT2D eigenvalue weighted by Gasteiger charge is -2.21. The van der Waals surface area contributed by atoms with Crippen molar-refractivity contribution < 1.29 is 28.5 Å². The maximum absolute atomic E-state index is 12.2. The second kappa shape index (κ2) is 5.97. The van der Waals surface area contributed by atoms with Crippen LogP contribution in [-0.2, 0) is 15.3 Å². The van der Waals surface area contributed by atoms with Crippen LogP contribution in [-0.4, -0.2) is 37.3 Å². The zero-order valence-corrected chi connectivity index (χ0v) is 13.7. The van der Waals surface area contributed by atoms with Crippen LogP contribution < -0.4 is 14.2 Å². The van der Waals surface area contributed by atoms with Crippen LogP contribution >= 0.6 is 0 Å². The zero-order valence-electron chi connectivity index (χ0n) is 13.7. The van der Waals surface area contributed by atoms with Crippen LogP contribution in [0.25, 0.3) is 0 Å². The van der Waals surface area contributed by atoms with Gasteiger partial charge in [-0.25, -0.2) is 4.79 Å². The van der Waals surface area contributed by atoms with Gasteiger partial charge in [-0.2, -0.15) is 9.97 Å². The smallest absolute Gasteiger partial charge is 0.345 e. The normalized spacial score (nSPS) is 18.8. The fourth-order valence-corrected chi connectivity index (χ4v) is 2.38. The van der Waals surface area contributed by atoms with Crippen molar-refractivity contribution in [2.45, 2.75) is 12.7 Å². The van der Waals surface area contributed by atoms with Crippen molar-refractivity contribution >= 4 is 5.97 Å². The number of methoxy groups -OCH3 is 3. The molecule has 3 rings (SSSR count). The van der Waals surface area contributed by atoms with Gasteiger partial charge in [0.2, 0.25) is 17.5 Å². The number of carbonyl (C=O) groups excluding carboxylic acids is 1. The summed E-state index contributed by atoms with van der Waals surface area (Å²) in [5.41, 5.74) is 0.842. The Hall–Kier alpha value is -2.87. The molecular weight excluding hydrogens is 316 g/mol. The van der Waals surface area contributed by atoms with E-state index in [2.05, 4.69) is 9.97 Å². The number of fused-ring (bicyclic) bond motifs is 1. The fourth-order valence-electron chi connectivity index (χ4n) is 2.38. The van der Waals surface area contributed by atoms with Crippen molar-refractivity contribution in [2.75, 3.05) is 21.3 Å². The molecule has 1 aromatic carbocycles. The molecule has 0 amide bonds. The molecule has 8 heteroatoms. The zero-order chi connectivity index (χ0) is 17.3. The molecule has 1 aliphatic heterocycles. The lowest BCUT2D eigenvalue weighted by atomic mass is 10.0. The number of rotatable bonds is 5. The third kappa shape index (κ3) is 2.61. The van der Waals surface area contributed by atoms with Crippen LogP contribution in [0, 0.1) is 0 Å². The lowest BCUT2D eigenvalue weighted by molar-refractivity contribution is -0.172. The molecule has 1 aromatic heterocycles. The van der Waals surface area contributed by atoms with Gasteiger partial charge in [0, 0.05) is 19.6 Å². The van der Waals surface area contributed by atoms with E-state index in [0.29, 0.717) is 5.56 Å².